The van der Waals surface area contributed by atoms with Gasteiger partial charge in [-0.1, -0.05) is 6.07 Å². The van der Waals surface area contributed by atoms with E-state index in [-0.39, 0.29) is 17.3 Å². The largest absolute Gasteiger partial charge is 0.550 e. The molecule has 1 rings (SSSR count). The maximum atomic E-state index is 12.6. The van der Waals surface area contributed by atoms with E-state index in [4.69, 9.17) is 18.0 Å². The molecular formula is C11H10F3N2O2S-. The molecule has 0 aliphatic heterocycles. The third-order valence-electron chi connectivity index (χ3n) is 2.29. The molecule has 0 unspecified atom stereocenters. The van der Waals surface area contributed by atoms with Gasteiger partial charge in [0.05, 0.1) is 5.56 Å². The second kappa shape index (κ2) is 5.87. The zero-order chi connectivity index (χ0) is 14.6. The van der Waals surface area contributed by atoms with E-state index >= 15 is 0 Å². The van der Waals surface area contributed by atoms with Gasteiger partial charge in [0.25, 0.3) is 0 Å². The van der Waals surface area contributed by atoms with Gasteiger partial charge in [-0.2, -0.15) is 13.2 Å². The quantitative estimate of drug-likeness (QED) is 0.835. The summed E-state index contributed by atoms with van der Waals surface area (Å²) in [5, 5.41) is 10.2. The number of nitrogens with zero attached hydrogens (tertiary/aromatic N) is 1. The smallest absolute Gasteiger partial charge is 0.416 e. The van der Waals surface area contributed by atoms with Gasteiger partial charge < -0.3 is 20.5 Å². The highest BCUT2D eigenvalue weighted by Gasteiger charge is 2.30. The summed E-state index contributed by atoms with van der Waals surface area (Å²) in [6.45, 7) is -0.154. The summed E-state index contributed by atoms with van der Waals surface area (Å²) in [4.78, 5) is 11.5. The van der Waals surface area contributed by atoms with Crippen molar-refractivity contribution in [2.24, 2.45) is 5.73 Å². The Morgan fingerprint density at radius 1 is 1.42 bits per heavy atom. The van der Waals surface area contributed by atoms with Crippen LogP contribution in [0.3, 0.4) is 0 Å². The molecule has 1 aromatic carbocycles. The molecule has 0 fully saturated rings. The molecule has 8 heteroatoms. The minimum absolute atomic E-state index is 0.0866. The number of carbonyl (C=O) groups is 1. The molecule has 0 saturated heterocycles. The van der Waals surface area contributed by atoms with Gasteiger partial charge in [0.1, 0.15) is 0 Å². The summed E-state index contributed by atoms with van der Waals surface area (Å²) >= 11 is 4.70. The Bertz CT molecular complexity index is 491. The molecule has 4 nitrogen and oxygen atoms in total. The number of carboxylic acids is 1. The molecule has 0 bridgehead atoms. The Labute approximate surface area is 112 Å². The molecule has 0 aliphatic carbocycles. The third-order valence-corrected chi connectivity index (χ3v) is 2.51. The molecule has 0 aliphatic rings. The number of rotatable bonds is 4. The van der Waals surface area contributed by atoms with Crippen molar-refractivity contribution in [1.29, 1.82) is 0 Å². The molecule has 0 amide bonds. The Kier molecular flexibility index (Phi) is 4.71. The van der Waals surface area contributed by atoms with Gasteiger partial charge in [0.2, 0.25) is 0 Å². The first-order chi connectivity index (χ1) is 8.71. The van der Waals surface area contributed by atoms with E-state index in [1.54, 1.807) is 0 Å². The zero-order valence-electron chi connectivity index (χ0n) is 9.61. The zero-order valence-corrected chi connectivity index (χ0v) is 10.4. The molecule has 0 atom stereocenters. The van der Waals surface area contributed by atoms with Crippen molar-refractivity contribution in [2.75, 3.05) is 11.4 Å². The lowest BCUT2D eigenvalue weighted by Gasteiger charge is -2.24. The van der Waals surface area contributed by atoms with Crippen molar-refractivity contribution in [3.05, 3.63) is 29.8 Å². The van der Waals surface area contributed by atoms with Crippen LogP contribution in [0.15, 0.2) is 24.3 Å². The molecular weight excluding hydrogens is 281 g/mol. The number of hydrogen-bond acceptors (Lipinski definition) is 3. The van der Waals surface area contributed by atoms with Crippen molar-refractivity contribution in [3.8, 4) is 0 Å². The van der Waals surface area contributed by atoms with E-state index in [9.17, 15) is 23.1 Å². The maximum Gasteiger partial charge on any atom is 0.416 e. The first-order valence-electron chi connectivity index (χ1n) is 5.16. The normalized spacial score (nSPS) is 11.1. The number of aliphatic carboxylic acids is 1. The van der Waals surface area contributed by atoms with E-state index in [1.807, 2.05) is 0 Å². The van der Waals surface area contributed by atoms with E-state index in [2.05, 4.69) is 0 Å². The minimum atomic E-state index is -4.49. The van der Waals surface area contributed by atoms with Crippen LogP contribution in [-0.4, -0.2) is 17.6 Å². The number of carboxylic acid groups (broad SMARTS) is 1. The topological polar surface area (TPSA) is 69.4 Å². The lowest BCUT2D eigenvalue weighted by atomic mass is 10.2. The second-order valence-corrected chi connectivity index (χ2v) is 4.08. The fourth-order valence-electron chi connectivity index (χ4n) is 1.42. The number of hydrogen-bond donors (Lipinski definition) is 1. The molecule has 19 heavy (non-hydrogen) atoms. The van der Waals surface area contributed by atoms with Crippen molar-refractivity contribution in [2.45, 2.75) is 12.6 Å². The lowest BCUT2D eigenvalue weighted by Crippen LogP contribution is -2.39. The Morgan fingerprint density at radius 3 is 2.53 bits per heavy atom. The summed E-state index contributed by atoms with van der Waals surface area (Å²) in [7, 11) is 0. The summed E-state index contributed by atoms with van der Waals surface area (Å²) in [5.74, 6) is -1.34. The van der Waals surface area contributed by atoms with Crippen LogP contribution in [0.25, 0.3) is 0 Å². The summed E-state index contributed by atoms with van der Waals surface area (Å²) in [6, 6.07) is 4.32. The van der Waals surface area contributed by atoms with Gasteiger partial charge in [-0.3, -0.25) is 0 Å². The Balaban J connectivity index is 3.03. The SMILES string of the molecule is NC(=S)N(CCC(=O)[O-])c1cccc(C(F)(F)F)c1. The first-order valence-corrected chi connectivity index (χ1v) is 5.56. The fraction of sp³-hybridized carbons (Fsp3) is 0.273. The van der Waals surface area contributed by atoms with E-state index in [1.165, 1.54) is 12.1 Å². The summed E-state index contributed by atoms with van der Waals surface area (Å²) in [6.07, 6.45) is -4.89. The highest BCUT2D eigenvalue weighted by molar-refractivity contribution is 7.80. The summed E-state index contributed by atoms with van der Waals surface area (Å²) in [5.41, 5.74) is 4.60. The second-order valence-electron chi connectivity index (χ2n) is 3.66. The molecule has 0 saturated carbocycles. The van der Waals surface area contributed by atoms with Gasteiger partial charge in [-0.15, -0.1) is 0 Å². The number of benzene rings is 1. The molecule has 2 N–H and O–H groups in total. The highest BCUT2D eigenvalue weighted by atomic mass is 32.1. The first kappa shape index (κ1) is 15.2. The van der Waals surface area contributed by atoms with Crippen molar-refractivity contribution in [1.82, 2.24) is 0 Å². The number of carbonyl (C=O) groups excluding carboxylic acids is 1. The molecule has 0 aromatic heterocycles. The standard InChI is InChI=1S/C11H11F3N2O2S/c12-11(13,14)7-2-1-3-8(6-7)16(10(15)19)5-4-9(17)18/h1-3,6H,4-5H2,(H2,15,19)(H,17,18)/p-1. The lowest BCUT2D eigenvalue weighted by molar-refractivity contribution is -0.305. The van der Waals surface area contributed by atoms with Gasteiger partial charge >= 0.3 is 6.18 Å². The fourth-order valence-corrected chi connectivity index (χ4v) is 1.62. The number of anilines is 1. The van der Waals surface area contributed by atoms with Crippen LogP contribution in [0.2, 0.25) is 0 Å². The van der Waals surface area contributed by atoms with Crippen molar-refractivity contribution < 1.29 is 23.1 Å². The van der Waals surface area contributed by atoms with E-state index in [0.29, 0.717) is 0 Å². The monoisotopic (exact) mass is 291 g/mol. The van der Waals surface area contributed by atoms with Crippen LogP contribution in [0.1, 0.15) is 12.0 Å². The molecule has 0 heterocycles. The number of thiocarbonyl (C=S) groups is 1. The average Bonchev–Trinajstić information content (AvgIpc) is 2.27. The molecule has 1 aromatic rings. The molecule has 0 spiro atoms. The number of nitrogens with two attached hydrogens (primary N) is 1. The molecule has 0 radical (unpaired) electrons. The number of alkyl halides is 3. The van der Waals surface area contributed by atoms with Crippen molar-refractivity contribution >= 4 is 29.0 Å². The van der Waals surface area contributed by atoms with Crippen molar-refractivity contribution in [3.63, 3.8) is 0 Å². The predicted molar refractivity (Wildman–Crippen MR) is 65.2 cm³/mol. The predicted octanol–water partition coefficient (Wildman–Crippen LogP) is 0.895. The van der Waals surface area contributed by atoms with Crippen LogP contribution in [0, 0.1) is 0 Å². The van der Waals surface area contributed by atoms with E-state index < -0.39 is 24.1 Å². The molecule has 104 valence electrons. The van der Waals surface area contributed by atoms with Gasteiger partial charge in [0, 0.05) is 24.6 Å². The van der Waals surface area contributed by atoms with Crippen LogP contribution in [-0.2, 0) is 11.0 Å². The van der Waals surface area contributed by atoms with Crippen LogP contribution in [0.5, 0.6) is 0 Å². The van der Waals surface area contributed by atoms with Crippen LogP contribution in [0.4, 0.5) is 18.9 Å². The minimum Gasteiger partial charge on any atom is -0.550 e. The maximum absolute atomic E-state index is 12.6. The summed E-state index contributed by atoms with van der Waals surface area (Å²) < 4.78 is 37.7. The van der Waals surface area contributed by atoms with Gasteiger partial charge in [-0.25, -0.2) is 0 Å². The third kappa shape index (κ3) is 4.40. The van der Waals surface area contributed by atoms with Crippen LogP contribution < -0.4 is 15.7 Å². The Hall–Kier alpha value is -1.83. The van der Waals surface area contributed by atoms with E-state index in [0.717, 1.165) is 17.0 Å². The van der Waals surface area contributed by atoms with Crippen LogP contribution >= 0.6 is 12.2 Å². The van der Waals surface area contributed by atoms with Gasteiger partial charge in [0.15, 0.2) is 5.11 Å². The average molecular weight is 291 g/mol. The number of halogens is 3. The highest BCUT2D eigenvalue weighted by Crippen LogP contribution is 2.31. The van der Waals surface area contributed by atoms with Gasteiger partial charge in [-0.05, 0) is 30.4 Å². The Morgan fingerprint density at radius 2 is 2.05 bits per heavy atom.